The Bertz CT molecular complexity index is 1890. The molecule has 2 aromatic heterocycles. The molecule has 276 valence electrons. The van der Waals surface area contributed by atoms with Gasteiger partial charge >= 0.3 is 0 Å². The maximum Gasteiger partial charge on any atom is 0.282 e. The van der Waals surface area contributed by atoms with E-state index in [1.165, 1.54) is 16.9 Å². The van der Waals surface area contributed by atoms with Crippen molar-refractivity contribution in [3.05, 3.63) is 107 Å². The molecule has 2 aliphatic heterocycles. The van der Waals surface area contributed by atoms with Crippen LogP contribution in [0.4, 0.5) is 18.3 Å². The molecule has 11 heteroatoms. The highest BCUT2D eigenvalue weighted by molar-refractivity contribution is 7.15. The zero-order chi connectivity index (χ0) is 36.5. The Hall–Kier alpha value is -3.48. The van der Waals surface area contributed by atoms with E-state index in [9.17, 15) is 4.39 Å². The molecule has 3 aromatic carbocycles. The van der Waals surface area contributed by atoms with Gasteiger partial charge in [0.2, 0.25) is 0 Å². The molecule has 0 spiro atoms. The molecule has 0 saturated carbocycles. The summed E-state index contributed by atoms with van der Waals surface area (Å²) in [6.45, 7) is 9.45. The second-order valence-corrected chi connectivity index (χ2v) is 20.9. The minimum absolute atomic E-state index is 0.159. The highest BCUT2D eigenvalue weighted by Gasteiger charge is 2.52. The van der Waals surface area contributed by atoms with E-state index in [-0.39, 0.29) is 18.8 Å². The summed E-state index contributed by atoms with van der Waals surface area (Å²) in [5, 5.41) is 7.06. The Morgan fingerprint density at radius 2 is 1.65 bits per heavy atom. The second kappa shape index (κ2) is 15.1. The predicted octanol–water partition coefficient (Wildman–Crippen LogP) is 8.02. The van der Waals surface area contributed by atoms with Gasteiger partial charge in [-0.1, -0.05) is 99.6 Å². The molecule has 7 rings (SSSR count). The third-order valence-corrected chi connectivity index (χ3v) is 16.8. The lowest BCUT2D eigenvalue weighted by Crippen LogP contribution is -2.67. The minimum Gasteiger partial charge on any atom is -0.401 e. The Morgan fingerprint density at radius 3 is 2.33 bits per heavy atom. The lowest BCUT2D eigenvalue weighted by atomic mass is 9.91. The van der Waals surface area contributed by atoms with Crippen LogP contribution < -0.4 is 15.7 Å². The van der Waals surface area contributed by atoms with Crippen molar-refractivity contribution in [3.8, 4) is 0 Å². The summed E-state index contributed by atoms with van der Waals surface area (Å²) >= 11 is 1.53. The summed E-state index contributed by atoms with van der Waals surface area (Å²) in [7, 11) is -3.17. The Balaban J connectivity index is 1.19. The molecule has 0 bridgehead atoms. The van der Waals surface area contributed by atoms with Crippen LogP contribution in [0.3, 0.4) is 0 Å². The molecular formula is C41H50F3N5OSSi. The fourth-order valence-electron chi connectivity index (χ4n) is 8.44. The van der Waals surface area contributed by atoms with E-state index in [0.717, 1.165) is 63.0 Å². The molecule has 4 heterocycles. The van der Waals surface area contributed by atoms with E-state index >= 15 is 8.78 Å². The molecule has 1 saturated heterocycles. The fourth-order valence-corrected chi connectivity index (χ4v) is 14.0. The van der Waals surface area contributed by atoms with E-state index in [0.29, 0.717) is 12.8 Å². The van der Waals surface area contributed by atoms with Gasteiger partial charge in [-0.25, -0.2) is 13.8 Å². The minimum atomic E-state index is -3.17. The SMILES string of the molecule is C[C@@H]1Cc2c([nH]c3ccccc23)[C@@H](c2cnc(N[C@@H]3CCN(CCCF)C3)s2)N1CC(F)(F)CO[Si](c1ccccc1)(c1ccccc1)C(C)(C)C. The number of aromatic nitrogens is 2. The van der Waals surface area contributed by atoms with Crippen LogP contribution in [0.2, 0.25) is 5.04 Å². The number of benzene rings is 3. The van der Waals surface area contributed by atoms with Crippen molar-refractivity contribution >= 4 is 46.1 Å². The Labute approximate surface area is 310 Å². The van der Waals surface area contributed by atoms with Gasteiger partial charge in [0.1, 0.15) is 0 Å². The summed E-state index contributed by atoms with van der Waals surface area (Å²) in [6, 6.07) is 27.8. The van der Waals surface area contributed by atoms with Crippen LogP contribution in [0, 0.1) is 0 Å². The molecule has 3 atom stereocenters. The topological polar surface area (TPSA) is 56.4 Å². The van der Waals surface area contributed by atoms with Gasteiger partial charge in [0.05, 0.1) is 25.9 Å². The van der Waals surface area contributed by atoms with E-state index in [4.69, 9.17) is 9.41 Å². The lowest BCUT2D eigenvalue weighted by molar-refractivity contribution is -0.0818. The number of alkyl halides is 3. The first-order valence-corrected chi connectivity index (χ1v) is 21.2. The van der Waals surface area contributed by atoms with Crippen LogP contribution in [0.5, 0.6) is 0 Å². The average Bonchev–Trinajstić information content (AvgIpc) is 3.87. The van der Waals surface area contributed by atoms with Crippen molar-refractivity contribution in [1.82, 2.24) is 19.8 Å². The van der Waals surface area contributed by atoms with Gasteiger partial charge in [-0.15, -0.1) is 11.3 Å². The van der Waals surface area contributed by atoms with Crippen molar-refractivity contribution < 1.29 is 17.6 Å². The average molecular weight is 746 g/mol. The molecule has 0 radical (unpaired) electrons. The van der Waals surface area contributed by atoms with Crippen LogP contribution >= 0.6 is 11.3 Å². The number of hydrogen-bond acceptors (Lipinski definition) is 6. The van der Waals surface area contributed by atoms with E-state index in [1.807, 2.05) is 83.9 Å². The van der Waals surface area contributed by atoms with E-state index in [2.05, 4.69) is 55.0 Å². The normalized spacial score (nSPS) is 20.4. The molecular weight excluding hydrogens is 696 g/mol. The summed E-state index contributed by atoms with van der Waals surface area (Å²) in [6.07, 6.45) is 4.01. The van der Waals surface area contributed by atoms with Crippen molar-refractivity contribution in [2.45, 2.75) is 76.0 Å². The quantitative estimate of drug-likeness (QED) is 0.120. The molecule has 2 N–H and O–H groups in total. The first-order valence-electron chi connectivity index (χ1n) is 18.5. The number of H-pyrrole nitrogens is 1. The highest BCUT2D eigenvalue weighted by Crippen LogP contribution is 2.45. The number of hydrogen-bond donors (Lipinski definition) is 2. The maximum atomic E-state index is 16.8. The largest absolute Gasteiger partial charge is 0.401 e. The van der Waals surface area contributed by atoms with Gasteiger partial charge in [0, 0.05) is 59.4 Å². The lowest BCUT2D eigenvalue weighted by Gasteiger charge is -2.45. The second-order valence-electron chi connectivity index (χ2n) is 15.5. The summed E-state index contributed by atoms with van der Waals surface area (Å²) < 4.78 is 53.2. The van der Waals surface area contributed by atoms with Crippen molar-refractivity contribution in [1.29, 1.82) is 0 Å². The Kier molecular flexibility index (Phi) is 10.7. The molecule has 0 unspecified atom stereocenters. The molecule has 5 aromatic rings. The van der Waals surface area contributed by atoms with E-state index < -0.39 is 38.5 Å². The number of aromatic amines is 1. The fraction of sp³-hybridized carbons (Fsp3) is 0.439. The van der Waals surface area contributed by atoms with Gasteiger partial charge in [0.25, 0.3) is 14.2 Å². The number of thiazole rings is 1. The monoisotopic (exact) mass is 745 g/mol. The third-order valence-electron chi connectivity index (χ3n) is 10.8. The zero-order valence-corrected chi connectivity index (χ0v) is 32.4. The molecule has 2 aliphatic rings. The third kappa shape index (κ3) is 7.35. The Morgan fingerprint density at radius 1 is 0.981 bits per heavy atom. The smallest absolute Gasteiger partial charge is 0.282 e. The van der Waals surface area contributed by atoms with Gasteiger partial charge in [-0.2, -0.15) is 0 Å². The first kappa shape index (κ1) is 36.9. The van der Waals surface area contributed by atoms with Crippen molar-refractivity contribution in [2.24, 2.45) is 0 Å². The molecule has 0 amide bonds. The molecule has 1 fully saturated rings. The van der Waals surface area contributed by atoms with Crippen molar-refractivity contribution in [3.63, 3.8) is 0 Å². The van der Waals surface area contributed by atoms with Gasteiger partial charge in [-0.05, 0) is 53.2 Å². The number of halogens is 3. The summed E-state index contributed by atoms with van der Waals surface area (Å²) in [4.78, 5) is 13.6. The van der Waals surface area contributed by atoms with Crippen LogP contribution in [0.15, 0.2) is 91.1 Å². The molecule has 6 nitrogen and oxygen atoms in total. The molecule has 0 aliphatic carbocycles. The van der Waals surface area contributed by atoms with Gasteiger partial charge in [-0.3, -0.25) is 9.29 Å². The molecule has 52 heavy (non-hydrogen) atoms. The number of anilines is 1. The van der Waals surface area contributed by atoms with Crippen molar-refractivity contribution in [2.75, 3.05) is 44.8 Å². The maximum absolute atomic E-state index is 16.8. The zero-order valence-electron chi connectivity index (χ0n) is 30.5. The number of likely N-dealkylation sites (tertiary alicyclic amines) is 1. The van der Waals surface area contributed by atoms with Crippen LogP contribution in [0.1, 0.15) is 62.7 Å². The number of rotatable bonds is 13. The standard InChI is InChI=1S/C41H50F3N5OSSi/c1-29-24-34-33-18-11-12-19-35(33)47-37(34)38(36-25-45-39(51-36)46-30-20-23-48(26-30)22-13-21-42)49(29)27-41(43,44)28-50-52(40(2,3)4,31-14-7-5-8-15-31)32-16-9-6-10-17-32/h5-12,14-19,25,29-30,38,47H,13,20-24,26-28H2,1-4H3,(H,45,46)/t29-,30-,38-/m1/s1. The van der Waals surface area contributed by atoms with Gasteiger partial charge < -0.3 is 19.6 Å². The number of fused-ring (bicyclic) bond motifs is 3. The predicted molar refractivity (Wildman–Crippen MR) is 210 cm³/mol. The van der Waals surface area contributed by atoms with Crippen LogP contribution in [0.25, 0.3) is 10.9 Å². The summed E-state index contributed by atoms with van der Waals surface area (Å²) in [5.74, 6) is -3.15. The number of nitrogens with one attached hydrogen (secondary N) is 2. The summed E-state index contributed by atoms with van der Waals surface area (Å²) in [5.41, 5.74) is 3.14. The number of para-hydroxylation sites is 1. The first-order chi connectivity index (χ1) is 25.0. The van der Waals surface area contributed by atoms with E-state index in [1.54, 1.807) is 0 Å². The van der Waals surface area contributed by atoms with Crippen LogP contribution in [-0.2, 0) is 10.8 Å². The number of nitrogens with zero attached hydrogens (tertiary/aromatic N) is 3. The van der Waals surface area contributed by atoms with Gasteiger partial charge in [0.15, 0.2) is 5.13 Å². The van der Waals surface area contributed by atoms with Crippen LogP contribution in [-0.4, -0.2) is 85.6 Å². The highest BCUT2D eigenvalue weighted by atomic mass is 32.1.